The van der Waals surface area contributed by atoms with Gasteiger partial charge in [0.15, 0.2) is 0 Å². The minimum Gasteiger partial charge on any atom is -0.481 e. The zero-order valence-electron chi connectivity index (χ0n) is 11.4. The first kappa shape index (κ1) is 16.4. The molecular weight excluding hydrogens is 278 g/mol. The Morgan fingerprint density at radius 1 is 1.38 bits per heavy atom. The number of ether oxygens (including phenoxy) is 1. The van der Waals surface area contributed by atoms with Crippen molar-refractivity contribution < 1.29 is 29.0 Å². The van der Waals surface area contributed by atoms with Gasteiger partial charge in [0, 0.05) is 11.1 Å². The highest BCUT2D eigenvalue weighted by Crippen LogP contribution is 2.05. The van der Waals surface area contributed by atoms with Crippen LogP contribution in [0.25, 0.3) is 0 Å². The van der Waals surface area contributed by atoms with Crippen molar-refractivity contribution in [1.29, 1.82) is 0 Å². The van der Waals surface area contributed by atoms with Crippen molar-refractivity contribution in [2.45, 2.75) is 19.4 Å². The van der Waals surface area contributed by atoms with Crippen molar-refractivity contribution in [2.75, 3.05) is 6.61 Å². The van der Waals surface area contributed by atoms with Gasteiger partial charge in [0.05, 0.1) is 13.0 Å². The molecule has 0 aliphatic rings. The molecule has 1 unspecified atom stereocenters. The molecule has 0 aliphatic heterocycles. The predicted molar refractivity (Wildman–Crippen MR) is 72.0 cm³/mol. The number of esters is 1. The third-order valence-corrected chi connectivity index (χ3v) is 2.54. The van der Waals surface area contributed by atoms with Crippen LogP contribution in [-0.4, -0.2) is 41.9 Å². The van der Waals surface area contributed by atoms with Crippen LogP contribution in [0.15, 0.2) is 24.3 Å². The number of aliphatic carboxylic acids is 1. The summed E-state index contributed by atoms with van der Waals surface area (Å²) in [6, 6.07) is 4.53. The van der Waals surface area contributed by atoms with E-state index in [9.17, 15) is 19.2 Å². The van der Waals surface area contributed by atoms with Gasteiger partial charge in [-0.15, -0.1) is 0 Å². The molecule has 0 radical (unpaired) electrons. The molecule has 1 rings (SSSR count). The molecule has 0 saturated heterocycles. The molecule has 1 aromatic rings. The fourth-order valence-electron chi connectivity index (χ4n) is 1.61. The largest absolute Gasteiger partial charge is 0.481 e. The third kappa shape index (κ3) is 5.06. The van der Waals surface area contributed by atoms with Gasteiger partial charge in [-0.2, -0.15) is 0 Å². The number of carbonyl (C=O) groups excluding carboxylic acids is 3. The van der Waals surface area contributed by atoms with E-state index in [2.05, 4.69) is 5.32 Å². The lowest BCUT2D eigenvalue weighted by Gasteiger charge is -2.15. The first-order valence-electron chi connectivity index (χ1n) is 6.22. The number of aldehydes is 1. The molecule has 0 aliphatic carbocycles. The minimum absolute atomic E-state index is 0.0749. The van der Waals surface area contributed by atoms with Gasteiger partial charge in [-0.3, -0.25) is 14.4 Å². The summed E-state index contributed by atoms with van der Waals surface area (Å²) in [5.41, 5.74) is 0.452. The Labute approximate surface area is 120 Å². The van der Waals surface area contributed by atoms with Gasteiger partial charge in [-0.25, -0.2) is 4.79 Å². The van der Waals surface area contributed by atoms with E-state index in [0.29, 0.717) is 11.8 Å². The Bertz CT molecular complexity index is 554. The van der Waals surface area contributed by atoms with Crippen LogP contribution >= 0.6 is 0 Å². The number of carboxylic acids is 1. The number of hydrogen-bond donors (Lipinski definition) is 2. The maximum atomic E-state index is 12.0. The van der Waals surface area contributed by atoms with Gasteiger partial charge in [0.25, 0.3) is 5.91 Å². The Morgan fingerprint density at radius 2 is 2.10 bits per heavy atom. The molecule has 0 heterocycles. The van der Waals surface area contributed by atoms with Gasteiger partial charge in [0.2, 0.25) is 0 Å². The molecule has 1 atom stereocenters. The molecule has 0 aromatic heterocycles. The second-order valence-corrected chi connectivity index (χ2v) is 4.12. The molecule has 7 nitrogen and oxygen atoms in total. The van der Waals surface area contributed by atoms with Crippen LogP contribution in [0.2, 0.25) is 0 Å². The number of carbonyl (C=O) groups is 4. The standard InChI is InChI=1S/C14H15NO6/c1-2-21-14(20)11(7-12(17)18)15-13(19)10-5-3-4-9(6-10)8-16/h3-6,8,11H,2,7H2,1H3,(H,15,19)(H,17,18). The number of benzene rings is 1. The zero-order valence-corrected chi connectivity index (χ0v) is 11.4. The van der Waals surface area contributed by atoms with Crippen LogP contribution in [0.3, 0.4) is 0 Å². The molecular formula is C14H15NO6. The van der Waals surface area contributed by atoms with E-state index in [1.807, 2.05) is 0 Å². The summed E-state index contributed by atoms with van der Waals surface area (Å²) in [6.45, 7) is 1.65. The van der Waals surface area contributed by atoms with Crippen LogP contribution in [0.4, 0.5) is 0 Å². The van der Waals surface area contributed by atoms with Crippen molar-refractivity contribution in [1.82, 2.24) is 5.32 Å². The quantitative estimate of drug-likeness (QED) is 0.564. The summed E-state index contributed by atoms with van der Waals surface area (Å²) in [7, 11) is 0. The Morgan fingerprint density at radius 3 is 2.67 bits per heavy atom. The van der Waals surface area contributed by atoms with Gasteiger partial charge in [-0.1, -0.05) is 12.1 Å². The molecule has 7 heteroatoms. The first-order valence-corrected chi connectivity index (χ1v) is 6.22. The molecule has 0 saturated carbocycles. The average molecular weight is 293 g/mol. The first-order chi connectivity index (χ1) is 9.97. The summed E-state index contributed by atoms with van der Waals surface area (Å²) in [5, 5.41) is 11.1. The van der Waals surface area contributed by atoms with E-state index in [0.717, 1.165) is 0 Å². The lowest BCUT2D eigenvalue weighted by atomic mass is 10.1. The van der Waals surface area contributed by atoms with Crippen LogP contribution in [-0.2, 0) is 14.3 Å². The second-order valence-electron chi connectivity index (χ2n) is 4.12. The minimum atomic E-state index is -1.28. The maximum absolute atomic E-state index is 12.0. The van der Waals surface area contributed by atoms with Crippen LogP contribution < -0.4 is 5.32 Å². The molecule has 21 heavy (non-hydrogen) atoms. The van der Waals surface area contributed by atoms with Crippen LogP contribution in [0.1, 0.15) is 34.1 Å². The maximum Gasteiger partial charge on any atom is 0.329 e. The van der Waals surface area contributed by atoms with Gasteiger partial charge < -0.3 is 15.2 Å². The van der Waals surface area contributed by atoms with E-state index in [1.165, 1.54) is 24.3 Å². The van der Waals surface area contributed by atoms with Crippen molar-refractivity contribution in [3.05, 3.63) is 35.4 Å². The number of hydrogen-bond acceptors (Lipinski definition) is 5. The molecule has 1 aromatic carbocycles. The monoisotopic (exact) mass is 293 g/mol. The van der Waals surface area contributed by atoms with Crippen LogP contribution in [0.5, 0.6) is 0 Å². The van der Waals surface area contributed by atoms with E-state index >= 15 is 0 Å². The highest BCUT2D eigenvalue weighted by atomic mass is 16.5. The van der Waals surface area contributed by atoms with Crippen molar-refractivity contribution in [3.63, 3.8) is 0 Å². The summed E-state index contributed by atoms with van der Waals surface area (Å²) in [6.07, 6.45) is -0.00516. The lowest BCUT2D eigenvalue weighted by molar-refractivity contribution is -0.149. The molecule has 2 N–H and O–H groups in total. The van der Waals surface area contributed by atoms with Gasteiger partial charge in [0.1, 0.15) is 12.3 Å². The highest BCUT2D eigenvalue weighted by Gasteiger charge is 2.25. The predicted octanol–water partition coefficient (Wildman–Crippen LogP) is 0.635. The van der Waals surface area contributed by atoms with E-state index < -0.39 is 30.3 Å². The van der Waals surface area contributed by atoms with E-state index in [4.69, 9.17) is 9.84 Å². The molecule has 1 amide bonds. The number of nitrogens with one attached hydrogen (secondary N) is 1. The van der Waals surface area contributed by atoms with Crippen molar-refractivity contribution in [3.8, 4) is 0 Å². The SMILES string of the molecule is CCOC(=O)C(CC(=O)O)NC(=O)c1cccc(C=O)c1. The second kappa shape index (κ2) is 7.78. The molecule has 112 valence electrons. The fraction of sp³-hybridized carbons (Fsp3) is 0.286. The highest BCUT2D eigenvalue weighted by molar-refractivity contribution is 5.98. The average Bonchev–Trinajstić information content (AvgIpc) is 2.46. The fourth-order valence-corrected chi connectivity index (χ4v) is 1.61. The van der Waals surface area contributed by atoms with Gasteiger partial charge in [-0.05, 0) is 19.1 Å². The van der Waals surface area contributed by atoms with Crippen LogP contribution in [0, 0.1) is 0 Å². The third-order valence-electron chi connectivity index (χ3n) is 2.54. The summed E-state index contributed by atoms with van der Waals surface area (Å²) in [4.78, 5) is 45.0. The van der Waals surface area contributed by atoms with Gasteiger partial charge >= 0.3 is 11.9 Å². The molecule has 0 spiro atoms. The summed E-state index contributed by atoms with van der Waals surface area (Å²) >= 11 is 0. The van der Waals surface area contributed by atoms with Crippen molar-refractivity contribution in [2.24, 2.45) is 0 Å². The van der Waals surface area contributed by atoms with E-state index in [1.54, 1.807) is 6.92 Å². The topological polar surface area (TPSA) is 110 Å². The number of amides is 1. The Hall–Kier alpha value is -2.70. The Balaban J connectivity index is 2.85. The Kier molecular flexibility index (Phi) is 6.06. The number of rotatable bonds is 7. The van der Waals surface area contributed by atoms with E-state index in [-0.39, 0.29) is 12.2 Å². The summed E-state index contributed by atoms with van der Waals surface area (Å²) < 4.78 is 4.71. The lowest BCUT2D eigenvalue weighted by Crippen LogP contribution is -2.43. The smallest absolute Gasteiger partial charge is 0.329 e. The molecule has 0 bridgehead atoms. The molecule has 0 fully saturated rings. The summed E-state index contributed by atoms with van der Waals surface area (Å²) in [5.74, 6) is -2.72. The normalized spacial score (nSPS) is 11.3. The van der Waals surface area contributed by atoms with Crippen molar-refractivity contribution >= 4 is 24.1 Å². The number of carboxylic acid groups (broad SMARTS) is 1. The zero-order chi connectivity index (χ0) is 15.8.